The summed E-state index contributed by atoms with van der Waals surface area (Å²) in [5.74, 6) is -0.645. The molecular weight excluding hydrogens is 516 g/mol. The zero-order valence-electron chi connectivity index (χ0n) is 23.2. The van der Waals surface area contributed by atoms with E-state index in [0.717, 1.165) is 29.7 Å². The Balaban J connectivity index is 1.49. The Morgan fingerprint density at radius 2 is 1.97 bits per heavy atom. The fourth-order valence-corrected chi connectivity index (χ4v) is 5.78. The first-order valence-electron chi connectivity index (χ1n) is 13.7. The first-order chi connectivity index (χ1) is 18.8. The van der Waals surface area contributed by atoms with E-state index < -0.39 is 24.4 Å². The number of carbonyl (C=O) groups is 3. The summed E-state index contributed by atoms with van der Waals surface area (Å²) < 4.78 is 5.97. The third-order valence-corrected chi connectivity index (χ3v) is 8.29. The zero-order chi connectivity index (χ0) is 27.9. The Morgan fingerprint density at radius 3 is 2.69 bits per heavy atom. The predicted molar refractivity (Wildman–Crippen MR) is 150 cm³/mol. The molecule has 2 aliphatic rings. The minimum Gasteiger partial charge on any atom is -0.424 e. The van der Waals surface area contributed by atoms with Gasteiger partial charge in [-0.15, -0.1) is 11.3 Å². The van der Waals surface area contributed by atoms with Crippen molar-refractivity contribution in [2.24, 2.45) is 5.92 Å². The van der Waals surface area contributed by atoms with Crippen LogP contribution in [0.4, 0.5) is 4.79 Å². The normalized spacial score (nSPS) is 21.1. The molecule has 1 saturated heterocycles. The van der Waals surface area contributed by atoms with E-state index in [0.29, 0.717) is 26.2 Å². The molecule has 2 heterocycles. The number of ether oxygens (including phenoxy) is 1. The van der Waals surface area contributed by atoms with Gasteiger partial charge in [0.1, 0.15) is 6.04 Å². The van der Waals surface area contributed by atoms with Gasteiger partial charge in [-0.2, -0.15) is 0 Å². The number of carbonyl (C=O) groups excluding carboxylic acids is 3. The van der Waals surface area contributed by atoms with Gasteiger partial charge < -0.3 is 25.6 Å². The minimum absolute atomic E-state index is 0.130. The van der Waals surface area contributed by atoms with E-state index in [2.05, 4.69) is 38.0 Å². The second kappa shape index (κ2) is 13.4. The average molecular weight is 557 g/mol. The van der Waals surface area contributed by atoms with E-state index >= 15 is 0 Å². The summed E-state index contributed by atoms with van der Waals surface area (Å²) in [6, 6.07) is 6.85. The summed E-state index contributed by atoms with van der Waals surface area (Å²) in [7, 11) is 1.70. The largest absolute Gasteiger partial charge is 0.424 e. The van der Waals surface area contributed by atoms with Crippen molar-refractivity contribution >= 4 is 29.2 Å². The van der Waals surface area contributed by atoms with Crippen molar-refractivity contribution in [3.05, 3.63) is 52.0 Å². The van der Waals surface area contributed by atoms with Gasteiger partial charge in [-0.1, -0.05) is 38.1 Å². The summed E-state index contributed by atoms with van der Waals surface area (Å²) in [6.07, 6.45) is 3.31. The van der Waals surface area contributed by atoms with Crippen LogP contribution in [-0.2, 0) is 27.3 Å². The van der Waals surface area contributed by atoms with Crippen LogP contribution in [0.3, 0.4) is 0 Å². The van der Waals surface area contributed by atoms with E-state index in [1.165, 1.54) is 5.56 Å². The Kier molecular flexibility index (Phi) is 9.93. The number of amides is 3. The SMILES string of the molecule is CN[C@@H](C)C(=O)N[C@H](C(=O)N1CCN(Cc2cncs2)C[C@@H]1OC(=O)NC1CCCc2ccccc21)C(C)C. The number of alkyl carbamates (subject to hydrolysis) is 1. The fourth-order valence-electron chi connectivity index (χ4n) is 5.15. The molecular formula is C28H40N6O4S. The van der Waals surface area contributed by atoms with E-state index in [9.17, 15) is 14.4 Å². The van der Waals surface area contributed by atoms with Crippen molar-refractivity contribution in [3.8, 4) is 0 Å². The van der Waals surface area contributed by atoms with Crippen LogP contribution in [0.5, 0.6) is 0 Å². The maximum absolute atomic E-state index is 13.8. The highest BCUT2D eigenvalue weighted by Crippen LogP contribution is 2.29. The second-order valence-corrected chi connectivity index (χ2v) is 11.6. The Labute approximate surface area is 234 Å². The lowest BCUT2D eigenvalue weighted by Gasteiger charge is -2.42. The van der Waals surface area contributed by atoms with Crippen LogP contribution in [0, 0.1) is 5.92 Å². The maximum Gasteiger partial charge on any atom is 0.409 e. The topological polar surface area (TPSA) is 116 Å². The summed E-state index contributed by atoms with van der Waals surface area (Å²) >= 11 is 1.57. The number of thiazole rings is 1. The van der Waals surface area contributed by atoms with Crippen molar-refractivity contribution in [1.82, 2.24) is 30.7 Å². The monoisotopic (exact) mass is 556 g/mol. The first kappa shape index (κ1) is 29.0. The minimum atomic E-state index is -0.794. The number of nitrogens with zero attached hydrogens (tertiary/aromatic N) is 3. The highest BCUT2D eigenvalue weighted by molar-refractivity contribution is 7.09. The lowest BCUT2D eigenvalue weighted by Crippen LogP contribution is -2.62. The van der Waals surface area contributed by atoms with Crippen LogP contribution >= 0.6 is 11.3 Å². The average Bonchev–Trinajstić information content (AvgIpc) is 3.44. The van der Waals surface area contributed by atoms with Crippen molar-refractivity contribution in [1.29, 1.82) is 0 Å². The highest BCUT2D eigenvalue weighted by Gasteiger charge is 2.38. The molecule has 10 nitrogen and oxygen atoms in total. The quantitative estimate of drug-likeness (QED) is 0.435. The Hall–Kier alpha value is -3.02. The number of aryl methyl sites for hydroxylation is 1. The number of hydrogen-bond acceptors (Lipinski definition) is 8. The number of fused-ring (bicyclic) bond motifs is 1. The fraction of sp³-hybridized carbons (Fsp3) is 0.571. The second-order valence-electron chi connectivity index (χ2n) is 10.6. The molecule has 39 heavy (non-hydrogen) atoms. The first-order valence-corrected chi connectivity index (χ1v) is 14.6. The summed E-state index contributed by atoms with van der Waals surface area (Å²) in [5, 5.41) is 8.85. The maximum atomic E-state index is 13.8. The molecule has 3 amide bonds. The van der Waals surface area contributed by atoms with Gasteiger partial charge in [-0.25, -0.2) is 4.79 Å². The summed E-state index contributed by atoms with van der Waals surface area (Å²) in [5.41, 5.74) is 4.15. The lowest BCUT2D eigenvalue weighted by atomic mass is 9.88. The molecule has 0 spiro atoms. The van der Waals surface area contributed by atoms with Gasteiger partial charge >= 0.3 is 6.09 Å². The van der Waals surface area contributed by atoms with Gasteiger partial charge in [-0.3, -0.25) is 19.5 Å². The van der Waals surface area contributed by atoms with Gasteiger partial charge in [-0.05, 0) is 50.3 Å². The molecule has 1 aliphatic carbocycles. The van der Waals surface area contributed by atoms with Gasteiger partial charge in [0.2, 0.25) is 11.8 Å². The number of piperazine rings is 1. The number of benzene rings is 1. The predicted octanol–water partition coefficient (Wildman–Crippen LogP) is 2.67. The molecule has 4 rings (SSSR count). The molecule has 2 aromatic rings. The number of aromatic nitrogens is 1. The van der Waals surface area contributed by atoms with Crippen LogP contribution in [0.25, 0.3) is 0 Å². The number of hydrogen-bond donors (Lipinski definition) is 3. The van der Waals surface area contributed by atoms with Crippen LogP contribution in [0.2, 0.25) is 0 Å². The summed E-state index contributed by atoms with van der Waals surface area (Å²) in [4.78, 5) is 48.7. The molecule has 212 valence electrons. The van der Waals surface area contributed by atoms with E-state index in [1.54, 1.807) is 35.7 Å². The standard InChI is InChI=1S/C28H40N6O4S/c1-18(2)25(32-26(35)19(3)29-4)27(36)34-13-12-33(15-21-14-30-17-39-21)16-24(34)38-28(37)31-23-11-7-9-20-8-5-6-10-22(20)23/h5-6,8,10,14,17-19,23-25,29H,7,9,11-13,15-16H2,1-4H3,(H,31,37)(H,32,35)/t19-,23?,24-,25-/m0/s1. The number of rotatable bonds is 9. The molecule has 3 N–H and O–H groups in total. The third-order valence-electron chi connectivity index (χ3n) is 7.53. The molecule has 0 bridgehead atoms. The van der Waals surface area contributed by atoms with E-state index in [1.807, 2.05) is 32.2 Å². The molecule has 11 heteroatoms. The highest BCUT2D eigenvalue weighted by atomic mass is 32.1. The zero-order valence-corrected chi connectivity index (χ0v) is 24.0. The molecule has 1 fully saturated rings. The molecule has 1 unspecified atom stereocenters. The molecule has 0 saturated carbocycles. The lowest BCUT2D eigenvalue weighted by molar-refractivity contribution is -0.153. The Bertz CT molecular complexity index is 1130. The van der Waals surface area contributed by atoms with Crippen molar-refractivity contribution in [2.75, 3.05) is 26.7 Å². The van der Waals surface area contributed by atoms with E-state index in [4.69, 9.17) is 4.74 Å². The van der Waals surface area contributed by atoms with Gasteiger partial charge in [0.05, 0.1) is 24.1 Å². The van der Waals surface area contributed by atoms with Crippen molar-refractivity contribution < 1.29 is 19.1 Å². The number of likely N-dealkylation sites (N-methyl/N-ethyl adjacent to an activating group) is 1. The smallest absolute Gasteiger partial charge is 0.409 e. The van der Waals surface area contributed by atoms with Crippen LogP contribution in [-0.4, -0.2) is 77.7 Å². The van der Waals surface area contributed by atoms with Crippen LogP contribution in [0.1, 0.15) is 55.7 Å². The van der Waals surface area contributed by atoms with Crippen molar-refractivity contribution in [2.45, 2.75) is 70.9 Å². The molecule has 4 atom stereocenters. The van der Waals surface area contributed by atoms with Crippen molar-refractivity contribution in [3.63, 3.8) is 0 Å². The van der Waals surface area contributed by atoms with Gasteiger partial charge in [0.15, 0.2) is 6.23 Å². The summed E-state index contributed by atoms with van der Waals surface area (Å²) in [6.45, 7) is 7.56. The molecule has 0 radical (unpaired) electrons. The number of nitrogens with one attached hydrogen (secondary N) is 3. The van der Waals surface area contributed by atoms with Gasteiger partial charge in [0, 0.05) is 30.7 Å². The van der Waals surface area contributed by atoms with Gasteiger partial charge in [0.25, 0.3) is 0 Å². The van der Waals surface area contributed by atoms with Crippen LogP contribution in [0.15, 0.2) is 36.0 Å². The molecule has 1 aromatic heterocycles. The Morgan fingerprint density at radius 1 is 1.18 bits per heavy atom. The molecule has 1 aliphatic heterocycles. The van der Waals surface area contributed by atoms with E-state index in [-0.39, 0.29) is 23.8 Å². The molecule has 1 aromatic carbocycles. The third kappa shape index (κ3) is 7.34. The van der Waals surface area contributed by atoms with Crippen LogP contribution < -0.4 is 16.0 Å².